The fraction of sp³-hybridized carbons (Fsp3) is 0.600. The Kier molecular flexibility index (Phi) is 4.08. The number of pyridine rings is 1. The van der Waals surface area contributed by atoms with Crippen LogP contribution in [0.5, 0.6) is 0 Å². The van der Waals surface area contributed by atoms with Crippen molar-refractivity contribution in [2.24, 2.45) is 11.3 Å². The second kappa shape index (κ2) is 5.59. The van der Waals surface area contributed by atoms with Gasteiger partial charge in [0.1, 0.15) is 5.82 Å². The average molecular weight is 262 g/mol. The molecule has 0 aliphatic carbocycles. The second-order valence-corrected chi connectivity index (χ2v) is 5.69. The zero-order valence-corrected chi connectivity index (χ0v) is 11.9. The minimum absolute atomic E-state index is 0.125. The number of carbonyl (C=O) groups excluding carboxylic acids is 1. The molecule has 4 heteroatoms. The molecule has 2 heterocycles. The summed E-state index contributed by atoms with van der Waals surface area (Å²) in [6.07, 6.45) is 3.96. The average Bonchev–Trinajstić information content (AvgIpc) is 2.47. The number of esters is 1. The van der Waals surface area contributed by atoms with Crippen molar-refractivity contribution in [2.75, 3.05) is 25.1 Å². The van der Waals surface area contributed by atoms with Crippen LogP contribution in [0.15, 0.2) is 24.4 Å². The van der Waals surface area contributed by atoms with Crippen LogP contribution < -0.4 is 4.90 Å². The molecule has 0 spiro atoms. The van der Waals surface area contributed by atoms with E-state index in [9.17, 15) is 4.79 Å². The lowest BCUT2D eigenvalue weighted by molar-refractivity contribution is -0.154. The van der Waals surface area contributed by atoms with E-state index < -0.39 is 5.41 Å². The maximum Gasteiger partial charge on any atom is 0.311 e. The zero-order valence-electron chi connectivity index (χ0n) is 11.9. The highest BCUT2D eigenvalue weighted by atomic mass is 16.5. The molecule has 1 aromatic heterocycles. The lowest BCUT2D eigenvalue weighted by Gasteiger charge is -2.40. The highest BCUT2D eigenvalue weighted by molar-refractivity contribution is 5.76. The minimum Gasteiger partial charge on any atom is -0.469 e. The Labute approximate surface area is 114 Å². The lowest BCUT2D eigenvalue weighted by atomic mass is 9.74. The molecule has 1 atom stereocenters. The normalized spacial score (nSPS) is 20.2. The van der Waals surface area contributed by atoms with E-state index in [1.165, 1.54) is 7.11 Å². The van der Waals surface area contributed by atoms with Crippen LogP contribution in [0.1, 0.15) is 26.7 Å². The topological polar surface area (TPSA) is 42.4 Å². The molecule has 0 radical (unpaired) electrons. The number of rotatable bonds is 3. The van der Waals surface area contributed by atoms with Crippen LogP contribution in [0.4, 0.5) is 5.82 Å². The Hall–Kier alpha value is -1.58. The third kappa shape index (κ3) is 2.88. The first-order chi connectivity index (χ1) is 9.05. The van der Waals surface area contributed by atoms with E-state index in [1.807, 2.05) is 38.2 Å². The van der Waals surface area contributed by atoms with E-state index in [4.69, 9.17) is 4.74 Å². The van der Waals surface area contributed by atoms with Gasteiger partial charge in [0.15, 0.2) is 0 Å². The number of piperidine rings is 1. The predicted molar refractivity (Wildman–Crippen MR) is 75.0 cm³/mol. The molecule has 4 nitrogen and oxygen atoms in total. The van der Waals surface area contributed by atoms with Crippen molar-refractivity contribution in [1.29, 1.82) is 0 Å². The van der Waals surface area contributed by atoms with Gasteiger partial charge in [0.25, 0.3) is 0 Å². The Balaban J connectivity index is 2.11. The first-order valence-corrected chi connectivity index (χ1v) is 6.80. The molecule has 1 aliphatic heterocycles. The molecule has 1 unspecified atom stereocenters. The van der Waals surface area contributed by atoms with Gasteiger partial charge < -0.3 is 9.64 Å². The van der Waals surface area contributed by atoms with Crippen molar-refractivity contribution in [3.05, 3.63) is 24.4 Å². The van der Waals surface area contributed by atoms with Gasteiger partial charge in [-0.05, 0) is 44.7 Å². The van der Waals surface area contributed by atoms with Gasteiger partial charge in [0, 0.05) is 19.3 Å². The molecule has 0 amide bonds. The molecule has 1 saturated heterocycles. The number of hydrogen-bond donors (Lipinski definition) is 0. The number of methoxy groups -OCH3 is 1. The Morgan fingerprint density at radius 3 is 2.89 bits per heavy atom. The van der Waals surface area contributed by atoms with Gasteiger partial charge in [-0.1, -0.05) is 6.07 Å². The van der Waals surface area contributed by atoms with Gasteiger partial charge >= 0.3 is 5.97 Å². The van der Waals surface area contributed by atoms with Gasteiger partial charge in [-0.2, -0.15) is 0 Å². The van der Waals surface area contributed by atoms with Gasteiger partial charge in [0.2, 0.25) is 0 Å². The van der Waals surface area contributed by atoms with Crippen molar-refractivity contribution in [3.8, 4) is 0 Å². The van der Waals surface area contributed by atoms with Gasteiger partial charge in [-0.3, -0.25) is 4.79 Å². The fourth-order valence-electron chi connectivity index (χ4n) is 2.74. The number of hydrogen-bond acceptors (Lipinski definition) is 4. The van der Waals surface area contributed by atoms with Crippen LogP contribution in [0.2, 0.25) is 0 Å². The van der Waals surface area contributed by atoms with Crippen LogP contribution in [0.3, 0.4) is 0 Å². The number of anilines is 1. The predicted octanol–water partition coefficient (Wildman–Crippen LogP) is 2.50. The van der Waals surface area contributed by atoms with Crippen molar-refractivity contribution >= 4 is 11.8 Å². The SMILES string of the molecule is COC(=O)C(C)(C)C1CCCN(c2ccccn2)C1. The number of aromatic nitrogens is 1. The lowest BCUT2D eigenvalue weighted by Crippen LogP contribution is -2.45. The van der Waals surface area contributed by atoms with Crippen molar-refractivity contribution in [2.45, 2.75) is 26.7 Å². The molecule has 1 fully saturated rings. The summed E-state index contributed by atoms with van der Waals surface area (Å²) >= 11 is 0. The largest absolute Gasteiger partial charge is 0.469 e. The van der Waals surface area contributed by atoms with Gasteiger partial charge in [0.05, 0.1) is 12.5 Å². The summed E-state index contributed by atoms with van der Waals surface area (Å²) in [4.78, 5) is 18.6. The van der Waals surface area contributed by atoms with E-state index in [0.717, 1.165) is 31.7 Å². The summed E-state index contributed by atoms with van der Waals surface area (Å²) in [5.74, 6) is 1.17. The first kappa shape index (κ1) is 13.8. The van der Waals surface area contributed by atoms with E-state index in [2.05, 4.69) is 9.88 Å². The summed E-state index contributed by atoms with van der Waals surface area (Å²) in [5, 5.41) is 0. The van der Waals surface area contributed by atoms with Crippen molar-refractivity contribution in [1.82, 2.24) is 4.98 Å². The van der Waals surface area contributed by atoms with E-state index in [-0.39, 0.29) is 5.97 Å². The quantitative estimate of drug-likeness (QED) is 0.785. The van der Waals surface area contributed by atoms with Crippen LogP contribution in [0.25, 0.3) is 0 Å². The summed E-state index contributed by atoms with van der Waals surface area (Å²) in [6.45, 7) is 5.82. The highest BCUT2D eigenvalue weighted by Gasteiger charge is 2.40. The van der Waals surface area contributed by atoms with Crippen LogP contribution in [-0.4, -0.2) is 31.2 Å². The molecule has 0 N–H and O–H groups in total. The first-order valence-electron chi connectivity index (χ1n) is 6.80. The molecule has 1 aliphatic rings. The molecule has 0 bridgehead atoms. The Bertz CT molecular complexity index is 431. The zero-order chi connectivity index (χ0) is 13.9. The molecule has 19 heavy (non-hydrogen) atoms. The Morgan fingerprint density at radius 2 is 2.26 bits per heavy atom. The summed E-state index contributed by atoms with van der Waals surface area (Å²) in [5.41, 5.74) is -0.442. The smallest absolute Gasteiger partial charge is 0.311 e. The summed E-state index contributed by atoms with van der Waals surface area (Å²) < 4.78 is 4.94. The van der Waals surface area contributed by atoms with E-state index in [1.54, 1.807) is 0 Å². The number of ether oxygens (including phenoxy) is 1. The summed E-state index contributed by atoms with van der Waals surface area (Å²) in [7, 11) is 1.46. The molecule has 0 saturated carbocycles. The van der Waals surface area contributed by atoms with Crippen molar-refractivity contribution in [3.63, 3.8) is 0 Å². The number of nitrogens with zero attached hydrogens (tertiary/aromatic N) is 2. The van der Waals surface area contributed by atoms with Gasteiger partial charge in [-0.15, -0.1) is 0 Å². The monoisotopic (exact) mass is 262 g/mol. The molecule has 0 aromatic carbocycles. The molecular weight excluding hydrogens is 240 g/mol. The summed E-state index contributed by atoms with van der Waals surface area (Å²) in [6, 6.07) is 5.94. The second-order valence-electron chi connectivity index (χ2n) is 5.69. The highest BCUT2D eigenvalue weighted by Crippen LogP contribution is 2.35. The van der Waals surface area contributed by atoms with Crippen LogP contribution >= 0.6 is 0 Å². The third-order valence-corrected chi connectivity index (χ3v) is 4.13. The van der Waals surface area contributed by atoms with Crippen LogP contribution in [0, 0.1) is 11.3 Å². The molecule has 104 valence electrons. The third-order valence-electron chi connectivity index (χ3n) is 4.13. The van der Waals surface area contributed by atoms with Gasteiger partial charge in [-0.25, -0.2) is 4.98 Å². The maximum absolute atomic E-state index is 11.9. The molecule has 2 rings (SSSR count). The van der Waals surface area contributed by atoms with Crippen molar-refractivity contribution < 1.29 is 9.53 Å². The molecule has 1 aromatic rings. The van der Waals surface area contributed by atoms with E-state index >= 15 is 0 Å². The van der Waals surface area contributed by atoms with Crippen LogP contribution in [-0.2, 0) is 9.53 Å². The van der Waals surface area contributed by atoms with E-state index in [0.29, 0.717) is 5.92 Å². The Morgan fingerprint density at radius 1 is 1.47 bits per heavy atom. The maximum atomic E-state index is 11.9. The minimum atomic E-state index is -0.442. The number of carbonyl (C=O) groups is 1. The molecular formula is C15H22N2O2. The fourth-order valence-corrected chi connectivity index (χ4v) is 2.74. The standard InChI is InChI=1S/C15H22N2O2/c1-15(2,14(18)19-3)12-7-6-10-17(11-12)13-8-4-5-9-16-13/h4-5,8-9,12H,6-7,10-11H2,1-3H3.